The molecule has 1 amide bonds. The van der Waals surface area contributed by atoms with Gasteiger partial charge < -0.3 is 16.2 Å². The largest absolute Gasteiger partial charge is 0.399 e. The van der Waals surface area contributed by atoms with Crippen LogP contribution in [0.2, 0.25) is 0 Å². The minimum absolute atomic E-state index is 0.00428. The van der Waals surface area contributed by atoms with Crippen LogP contribution in [0, 0.1) is 5.92 Å². The number of carbonyl (C=O) groups is 1. The van der Waals surface area contributed by atoms with Crippen LogP contribution in [0.25, 0.3) is 0 Å². The van der Waals surface area contributed by atoms with Gasteiger partial charge in [0.25, 0.3) is 5.91 Å². The second-order valence-electron chi connectivity index (χ2n) is 5.56. The standard InChI is InChI=1S/C14H22N2O4S/c1-9(2)4-12(17)8-16-14(18)10-5-11(15)7-13(6-10)21(3,19)20/h5-7,9,12,17H,4,8,15H2,1-3H3,(H,16,18). The van der Waals surface area contributed by atoms with Crippen molar-refractivity contribution in [2.24, 2.45) is 5.92 Å². The predicted octanol–water partition coefficient (Wildman–Crippen LogP) is 0.809. The number of sulfone groups is 1. The maximum atomic E-state index is 12.0. The van der Waals surface area contributed by atoms with E-state index in [1.807, 2.05) is 13.8 Å². The van der Waals surface area contributed by atoms with Crippen LogP contribution >= 0.6 is 0 Å². The second kappa shape index (κ2) is 6.91. The molecule has 6 nitrogen and oxygen atoms in total. The number of anilines is 1. The number of aliphatic hydroxyl groups is 1. The van der Waals surface area contributed by atoms with Crippen LogP contribution in [-0.4, -0.2) is 38.3 Å². The summed E-state index contributed by atoms with van der Waals surface area (Å²) in [5.74, 6) is -0.142. The molecule has 118 valence electrons. The molecule has 0 saturated carbocycles. The Labute approximate surface area is 125 Å². The Balaban J connectivity index is 2.82. The molecule has 1 aromatic rings. The monoisotopic (exact) mass is 314 g/mol. The zero-order valence-electron chi connectivity index (χ0n) is 12.5. The van der Waals surface area contributed by atoms with Gasteiger partial charge in [0.15, 0.2) is 9.84 Å². The van der Waals surface area contributed by atoms with E-state index >= 15 is 0 Å². The highest BCUT2D eigenvalue weighted by molar-refractivity contribution is 7.90. The lowest BCUT2D eigenvalue weighted by Gasteiger charge is -2.14. The van der Waals surface area contributed by atoms with Gasteiger partial charge in [0.1, 0.15) is 0 Å². The number of hydrogen-bond donors (Lipinski definition) is 3. The average Bonchev–Trinajstić information content (AvgIpc) is 2.33. The molecule has 1 aromatic carbocycles. The molecule has 1 rings (SSSR count). The van der Waals surface area contributed by atoms with Gasteiger partial charge >= 0.3 is 0 Å². The highest BCUT2D eigenvalue weighted by Gasteiger charge is 2.15. The summed E-state index contributed by atoms with van der Waals surface area (Å²) in [4.78, 5) is 12.0. The minimum atomic E-state index is -3.44. The fourth-order valence-corrected chi connectivity index (χ4v) is 2.60. The van der Waals surface area contributed by atoms with Gasteiger partial charge in [0.05, 0.1) is 11.0 Å². The van der Waals surface area contributed by atoms with Crippen molar-refractivity contribution in [2.45, 2.75) is 31.3 Å². The second-order valence-corrected chi connectivity index (χ2v) is 7.57. The molecular formula is C14H22N2O4S. The van der Waals surface area contributed by atoms with Gasteiger partial charge in [-0.05, 0) is 30.5 Å². The SMILES string of the molecule is CC(C)CC(O)CNC(=O)c1cc(N)cc(S(C)(=O)=O)c1. The number of nitrogens with one attached hydrogen (secondary N) is 1. The molecule has 0 spiro atoms. The first-order chi connectivity index (χ1) is 9.59. The fourth-order valence-electron chi connectivity index (χ4n) is 1.91. The lowest BCUT2D eigenvalue weighted by molar-refractivity contribution is 0.0900. The van der Waals surface area contributed by atoms with Gasteiger partial charge in [-0.2, -0.15) is 0 Å². The van der Waals surface area contributed by atoms with Crippen molar-refractivity contribution < 1.29 is 18.3 Å². The topological polar surface area (TPSA) is 109 Å². The Bertz CT molecular complexity index is 611. The summed E-state index contributed by atoms with van der Waals surface area (Å²) in [6, 6.07) is 3.98. The molecule has 0 aromatic heterocycles. The number of nitrogens with two attached hydrogens (primary N) is 1. The Morgan fingerprint density at radius 2 is 1.95 bits per heavy atom. The third-order valence-corrected chi connectivity index (χ3v) is 3.95. The quantitative estimate of drug-likeness (QED) is 0.673. The van der Waals surface area contributed by atoms with Crippen molar-refractivity contribution in [3.05, 3.63) is 23.8 Å². The number of benzene rings is 1. The van der Waals surface area contributed by atoms with Crippen LogP contribution in [0.15, 0.2) is 23.1 Å². The summed E-state index contributed by atoms with van der Waals surface area (Å²) in [7, 11) is -3.44. The highest BCUT2D eigenvalue weighted by atomic mass is 32.2. The molecular weight excluding hydrogens is 292 g/mol. The molecule has 0 aliphatic carbocycles. The third-order valence-electron chi connectivity index (χ3n) is 2.86. The molecule has 0 radical (unpaired) electrons. The van der Waals surface area contributed by atoms with Crippen molar-refractivity contribution >= 4 is 21.4 Å². The van der Waals surface area contributed by atoms with Crippen LogP contribution in [0.4, 0.5) is 5.69 Å². The summed E-state index contributed by atoms with van der Waals surface area (Å²) < 4.78 is 23.0. The summed E-state index contributed by atoms with van der Waals surface area (Å²) in [6.45, 7) is 4.06. The molecule has 0 aliphatic heterocycles. The summed E-state index contributed by atoms with van der Waals surface area (Å²) >= 11 is 0. The fraction of sp³-hybridized carbons (Fsp3) is 0.500. The van der Waals surface area contributed by atoms with Gasteiger partial charge in [-0.15, -0.1) is 0 Å². The van der Waals surface area contributed by atoms with Gasteiger partial charge in [-0.1, -0.05) is 13.8 Å². The molecule has 4 N–H and O–H groups in total. The Morgan fingerprint density at radius 1 is 1.33 bits per heavy atom. The van der Waals surface area contributed by atoms with E-state index in [9.17, 15) is 18.3 Å². The first-order valence-corrected chi connectivity index (χ1v) is 8.55. The van der Waals surface area contributed by atoms with Gasteiger partial charge in [0, 0.05) is 24.1 Å². The van der Waals surface area contributed by atoms with Crippen LogP contribution in [0.1, 0.15) is 30.6 Å². The van der Waals surface area contributed by atoms with E-state index in [4.69, 9.17) is 5.73 Å². The van der Waals surface area contributed by atoms with E-state index in [-0.39, 0.29) is 22.7 Å². The number of carbonyl (C=O) groups excluding carboxylic acids is 1. The predicted molar refractivity (Wildman–Crippen MR) is 81.8 cm³/mol. The Morgan fingerprint density at radius 3 is 2.48 bits per heavy atom. The molecule has 0 bridgehead atoms. The molecule has 21 heavy (non-hydrogen) atoms. The summed E-state index contributed by atoms with van der Waals surface area (Å²) in [5, 5.41) is 12.3. The van der Waals surface area contributed by atoms with Gasteiger partial charge in [-0.25, -0.2) is 8.42 Å². The molecule has 7 heteroatoms. The zero-order valence-corrected chi connectivity index (χ0v) is 13.3. The van der Waals surface area contributed by atoms with Gasteiger partial charge in [-0.3, -0.25) is 4.79 Å². The average molecular weight is 314 g/mol. The van der Waals surface area contributed by atoms with Crippen LogP contribution in [-0.2, 0) is 9.84 Å². The lowest BCUT2D eigenvalue weighted by atomic mass is 10.1. The number of nitrogen functional groups attached to an aromatic ring is 1. The lowest BCUT2D eigenvalue weighted by Crippen LogP contribution is -2.32. The Kier molecular flexibility index (Phi) is 5.74. The molecule has 1 unspecified atom stereocenters. The third kappa shape index (κ3) is 5.73. The zero-order chi connectivity index (χ0) is 16.2. The van der Waals surface area contributed by atoms with E-state index in [2.05, 4.69) is 5.32 Å². The molecule has 0 heterocycles. The number of aliphatic hydroxyl groups excluding tert-OH is 1. The first-order valence-electron chi connectivity index (χ1n) is 6.66. The van der Waals surface area contributed by atoms with E-state index in [0.717, 1.165) is 6.26 Å². The Hall–Kier alpha value is -1.60. The maximum Gasteiger partial charge on any atom is 0.251 e. The van der Waals surface area contributed by atoms with Crippen molar-refractivity contribution in [3.63, 3.8) is 0 Å². The van der Waals surface area contributed by atoms with Crippen molar-refractivity contribution in [2.75, 3.05) is 18.5 Å². The van der Waals surface area contributed by atoms with Crippen LogP contribution in [0.3, 0.4) is 0 Å². The first kappa shape index (κ1) is 17.5. The van der Waals surface area contributed by atoms with Crippen LogP contribution in [0.5, 0.6) is 0 Å². The summed E-state index contributed by atoms with van der Waals surface area (Å²) in [6.07, 6.45) is 0.992. The van der Waals surface area contributed by atoms with E-state index < -0.39 is 21.8 Å². The van der Waals surface area contributed by atoms with E-state index in [1.165, 1.54) is 18.2 Å². The number of amides is 1. The molecule has 0 saturated heterocycles. The smallest absolute Gasteiger partial charge is 0.251 e. The normalized spacial score (nSPS) is 13.2. The van der Waals surface area contributed by atoms with Crippen molar-refractivity contribution in [1.82, 2.24) is 5.32 Å². The molecule has 0 aliphatic rings. The van der Waals surface area contributed by atoms with Gasteiger partial charge in [0.2, 0.25) is 0 Å². The number of hydrogen-bond acceptors (Lipinski definition) is 5. The van der Waals surface area contributed by atoms with Crippen LogP contribution < -0.4 is 11.1 Å². The molecule has 0 fully saturated rings. The van der Waals surface area contributed by atoms with Crippen molar-refractivity contribution in [1.29, 1.82) is 0 Å². The summed E-state index contributed by atoms with van der Waals surface area (Å²) in [5.41, 5.74) is 5.98. The number of rotatable bonds is 6. The van der Waals surface area contributed by atoms with E-state index in [0.29, 0.717) is 12.3 Å². The van der Waals surface area contributed by atoms with Crippen molar-refractivity contribution in [3.8, 4) is 0 Å². The highest BCUT2D eigenvalue weighted by Crippen LogP contribution is 2.16. The van der Waals surface area contributed by atoms with E-state index in [1.54, 1.807) is 0 Å². The molecule has 1 atom stereocenters. The minimum Gasteiger partial charge on any atom is -0.399 e. The maximum absolute atomic E-state index is 12.0.